The topological polar surface area (TPSA) is 12.9 Å². The predicted octanol–water partition coefficient (Wildman–Crippen LogP) is 4.04. The summed E-state index contributed by atoms with van der Waals surface area (Å²) in [4.78, 5) is 3.86. The molecule has 1 aromatic carbocycles. The van der Waals surface area contributed by atoms with Crippen LogP contribution in [-0.2, 0) is 0 Å². The summed E-state index contributed by atoms with van der Waals surface area (Å²) < 4.78 is 27.3. The van der Waals surface area contributed by atoms with E-state index in [1.165, 1.54) is 6.07 Å². The molecule has 1 heterocycles. The van der Waals surface area contributed by atoms with Crippen LogP contribution in [0.5, 0.6) is 0 Å². The summed E-state index contributed by atoms with van der Waals surface area (Å²) in [5, 5.41) is 0.167. The van der Waals surface area contributed by atoms with Gasteiger partial charge >= 0.3 is 0 Å². The van der Waals surface area contributed by atoms with Crippen molar-refractivity contribution in [1.29, 1.82) is 0 Å². The Balaban J connectivity index is 2.94. The van der Waals surface area contributed by atoms with Gasteiger partial charge in [-0.1, -0.05) is 0 Å². The van der Waals surface area contributed by atoms with Crippen molar-refractivity contribution in [3.8, 4) is 0 Å². The first-order valence-electron chi connectivity index (χ1n) is 3.69. The highest BCUT2D eigenvalue weighted by Gasteiger charge is 2.11. The molecule has 1 aromatic heterocycles. The number of fused-ring (bicyclic) bond motifs is 1. The number of halogens is 4. The van der Waals surface area contributed by atoms with Gasteiger partial charge in [-0.15, -0.1) is 0 Å². The maximum absolute atomic E-state index is 13.4. The SMILES string of the molecule is Fc1c(Br)cc(F)c2nc(Br)ccc12. The Morgan fingerprint density at radius 2 is 1.86 bits per heavy atom. The van der Waals surface area contributed by atoms with Crippen LogP contribution in [-0.4, -0.2) is 4.98 Å². The zero-order chi connectivity index (χ0) is 10.3. The highest BCUT2D eigenvalue weighted by atomic mass is 79.9. The van der Waals surface area contributed by atoms with Crippen LogP contribution in [0, 0.1) is 11.6 Å². The van der Waals surface area contributed by atoms with Gasteiger partial charge < -0.3 is 0 Å². The summed E-state index contributed by atoms with van der Waals surface area (Å²) >= 11 is 6.03. The van der Waals surface area contributed by atoms with Gasteiger partial charge in [-0.3, -0.25) is 0 Å². The van der Waals surface area contributed by atoms with E-state index in [0.717, 1.165) is 6.07 Å². The third-order valence-corrected chi connectivity index (χ3v) is 2.81. The van der Waals surface area contributed by atoms with Crippen molar-refractivity contribution in [2.75, 3.05) is 0 Å². The van der Waals surface area contributed by atoms with E-state index in [1.807, 2.05) is 0 Å². The predicted molar refractivity (Wildman–Crippen MR) is 57.1 cm³/mol. The molecule has 2 rings (SSSR count). The number of nitrogens with zero attached hydrogens (tertiary/aromatic N) is 1. The van der Waals surface area contributed by atoms with Crippen molar-refractivity contribution in [1.82, 2.24) is 4.98 Å². The van der Waals surface area contributed by atoms with Crippen LogP contribution in [0.15, 0.2) is 27.3 Å². The van der Waals surface area contributed by atoms with E-state index in [2.05, 4.69) is 36.8 Å². The Kier molecular flexibility index (Phi) is 2.53. The number of rotatable bonds is 0. The second-order valence-electron chi connectivity index (χ2n) is 2.68. The van der Waals surface area contributed by atoms with Crippen LogP contribution < -0.4 is 0 Å². The van der Waals surface area contributed by atoms with Crippen LogP contribution in [0.4, 0.5) is 8.78 Å². The standard InChI is InChI=1S/C9H3Br2F2N/c10-5-3-6(12)9-4(8(5)13)1-2-7(11)14-9/h1-3H. The summed E-state index contributed by atoms with van der Waals surface area (Å²) in [6.07, 6.45) is 0. The molecule has 0 spiro atoms. The Bertz CT molecular complexity index is 514. The van der Waals surface area contributed by atoms with Crippen molar-refractivity contribution in [3.05, 3.63) is 38.9 Å². The van der Waals surface area contributed by atoms with E-state index >= 15 is 0 Å². The maximum atomic E-state index is 13.4. The van der Waals surface area contributed by atoms with Gasteiger partial charge in [-0.2, -0.15) is 0 Å². The highest BCUT2D eigenvalue weighted by molar-refractivity contribution is 9.10. The zero-order valence-electron chi connectivity index (χ0n) is 6.69. The molecule has 0 saturated heterocycles. The molecule has 72 valence electrons. The Labute approximate surface area is 95.4 Å². The molecule has 0 saturated carbocycles. The highest BCUT2D eigenvalue weighted by Crippen LogP contribution is 2.27. The van der Waals surface area contributed by atoms with Gasteiger partial charge in [0, 0.05) is 5.39 Å². The van der Waals surface area contributed by atoms with Gasteiger partial charge in [0.2, 0.25) is 0 Å². The third kappa shape index (κ3) is 1.54. The monoisotopic (exact) mass is 321 g/mol. The number of hydrogen-bond acceptors (Lipinski definition) is 1. The second-order valence-corrected chi connectivity index (χ2v) is 4.35. The molecular weight excluding hydrogens is 320 g/mol. The van der Waals surface area contributed by atoms with Crippen LogP contribution >= 0.6 is 31.9 Å². The number of benzene rings is 1. The molecule has 5 heteroatoms. The van der Waals surface area contributed by atoms with Gasteiger partial charge in [0.15, 0.2) is 5.82 Å². The molecular formula is C9H3Br2F2N. The summed E-state index contributed by atoms with van der Waals surface area (Å²) in [6.45, 7) is 0. The Hall–Kier alpha value is -0.550. The van der Waals surface area contributed by atoms with Crippen molar-refractivity contribution >= 4 is 42.8 Å². The smallest absolute Gasteiger partial charge is 0.150 e. The molecule has 0 aliphatic carbocycles. The summed E-state index contributed by atoms with van der Waals surface area (Å²) in [6, 6.07) is 4.12. The van der Waals surface area contributed by atoms with Crippen LogP contribution in [0.3, 0.4) is 0 Å². The lowest BCUT2D eigenvalue weighted by Crippen LogP contribution is -1.90. The fourth-order valence-corrected chi connectivity index (χ4v) is 1.89. The van der Waals surface area contributed by atoms with Crippen molar-refractivity contribution in [2.45, 2.75) is 0 Å². The van der Waals surface area contributed by atoms with E-state index in [-0.39, 0.29) is 15.4 Å². The molecule has 0 amide bonds. The lowest BCUT2D eigenvalue weighted by Gasteiger charge is -2.02. The van der Waals surface area contributed by atoms with Crippen LogP contribution in [0.1, 0.15) is 0 Å². The lowest BCUT2D eigenvalue weighted by atomic mass is 10.2. The van der Waals surface area contributed by atoms with E-state index in [9.17, 15) is 8.78 Å². The first-order chi connectivity index (χ1) is 6.59. The normalized spacial score (nSPS) is 10.9. The van der Waals surface area contributed by atoms with Crippen LogP contribution in [0.25, 0.3) is 10.9 Å². The molecule has 14 heavy (non-hydrogen) atoms. The minimum Gasteiger partial charge on any atom is -0.238 e. The average Bonchev–Trinajstić information content (AvgIpc) is 2.14. The lowest BCUT2D eigenvalue weighted by molar-refractivity contribution is 0.609. The molecule has 0 aliphatic rings. The zero-order valence-corrected chi connectivity index (χ0v) is 9.86. The molecule has 0 unspecified atom stereocenters. The van der Waals surface area contributed by atoms with Crippen molar-refractivity contribution in [2.24, 2.45) is 0 Å². The first-order valence-corrected chi connectivity index (χ1v) is 5.28. The molecule has 2 aromatic rings. The molecule has 0 radical (unpaired) electrons. The molecule has 0 fully saturated rings. The van der Waals surface area contributed by atoms with E-state index < -0.39 is 11.6 Å². The number of hydrogen-bond donors (Lipinski definition) is 0. The van der Waals surface area contributed by atoms with Gasteiger partial charge in [0.1, 0.15) is 15.9 Å². The average molecular weight is 323 g/mol. The van der Waals surface area contributed by atoms with Gasteiger partial charge in [-0.25, -0.2) is 13.8 Å². The molecule has 1 nitrogen and oxygen atoms in total. The fraction of sp³-hybridized carbons (Fsp3) is 0. The summed E-state index contributed by atoms with van der Waals surface area (Å²) in [5.74, 6) is -1.05. The summed E-state index contributed by atoms with van der Waals surface area (Å²) in [5.41, 5.74) is 0.0278. The first kappa shape index (κ1) is 9.98. The van der Waals surface area contributed by atoms with Crippen LogP contribution in [0.2, 0.25) is 0 Å². The Morgan fingerprint density at radius 1 is 1.14 bits per heavy atom. The third-order valence-electron chi connectivity index (χ3n) is 1.79. The van der Waals surface area contributed by atoms with Gasteiger partial charge in [-0.05, 0) is 50.1 Å². The van der Waals surface area contributed by atoms with Gasteiger partial charge in [0.05, 0.1) is 4.47 Å². The molecule has 0 atom stereocenters. The molecule has 0 bridgehead atoms. The quantitative estimate of drug-likeness (QED) is 0.527. The van der Waals surface area contributed by atoms with Crippen molar-refractivity contribution in [3.63, 3.8) is 0 Å². The minimum absolute atomic E-state index is 0.0278. The Morgan fingerprint density at radius 3 is 2.57 bits per heavy atom. The van der Waals surface area contributed by atoms with Crippen molar-refractivity contribution < 1.29 is 8.78 Å². The van der Waals surface area contributed by atoms with E-state index in [4.69, 9.17) is 0 Å². The van der Waals surface area contributed by atoms with Gasteiger partial charge in [0.25, 0.3) is 0 Å². The summed E-state index contributed by atoms with van der Waals surface area (Å²) in [7, 11) is 0. The molecule has 0 aliphatic heterocycles. The minimum atomic E-state index is -0.547. The largest absolute Gasteiger partial charge is 0.238 e. The second kappa shape index (κ2) is 3.55. The number of pyridine rings is 1. The molecule has 0 N–H and O–H groups in total. The maximum Gasteiger partial charge on any atom is 0.150 e. The van der Waals surface area contributed by atoms with E-state index in [1.54, 1.807) is 6.07 Å². The fourth-order valence-electron chi connectivity index (χ4n) is 1.17. The van der Waals surface area contributed by atoms with E-state index in [0.29, 0.717) is 4.60 Å². The number of aromatic nitrogens is 1.